The minimum absolute atomic E-state index is 0.182. The maximum absolute atomic E-state index is 2.38. The third-order valence-electron chi connectivity index (χ3n) is 3.96. The van der Waals surface area contributed by atoms with Gasteiger partial charge in [0.15, 0.2) is 0 Å². The normalized spacial score (nSPS) is 14.6. The van der Waals surface area contributed by atoms with Gasteiger partial charge in [-0.25, -0.2) is 0 Å². The molecule has 0 fully saturated rings. The van der Waals surface area contributed by atoms with Gasteiger partial charge in [0.1, 0.15) is 0 Å². The summed E-state index contributed by atoms with van der Waals surface area (Å²) in [6.45, 7) is 7.69. The quantitative estimate of drug-likeness (QED) is 0.748. The highest BCUT2D eigenvalue weighted by Crippen LogP contribution is 2.40. The summed E-state index contributed by atoms with van der Waals surface area (Å²) in [4.78, 5) is 4.67. The van der Waals surface area contributed by atoms with Crippen LogP contribution in [0, 0.1) is 0 Å². The molecule has 1 heterocycles. The largest absolute Gasteiger partial charge is 0.355 e. The van der Waals surface area contributed by atoms with Crippen molar-refractivity contribution >= 4 is 17.1 Å². The number of para-hydroxylation sites is 2. The maximum atomic E-state index is 2.38. The highest BCUT2D eigenvalue weighted by molar-refractivity contribution is 5.82. The van der Waals surface area contributed by atoms with E-state index >= 15 is 0 Å². The Hall–Kier alpha value is -1.96. The molecule has 2 nitrogen and oxygen atoms in total. The Labute approximate surface area is 121 Å². The Morgan fingerprint density at radius 3 is 2.30 bits per heavy atom. The number of rotatable bonds is 1. The number of hydrogen-bond acceptors (Lipinski definition) is 2. The van der Waals surface area contributed by atoms with Crippen LogP contribution in [-0.4, -0.2) is 13.7 Å². The molecule has 0 saturated heterocycles. The first kappa shape index (κ1) is 13.0. The highest BCUT2D eigenvalue weighted by Gasteiger charge is 2.24. The molecule has 0 bridgehead atoms. The Bertz CT molecular complexity index is 625. The zero-order valence-corrected chi connectivity index (χ0v) is 12.7. The van der Waals surface area contributed by atoms with Crippen molar-refractivity contribution in [3.63, 3.8) is 0 Å². The summed E-state index contributed by atoms with van der Waals surface area (Å²) in [7, 11) is 2.15. The molecule has 0 N–H and O–H groups in total. The van der Waals surface area contributed by atoms with Crippen molar-refractivity contribution in [3.05, 3.63) is 54.1 Å². The molecule has 0 spiro atoms. The van der Waals surface area contributed by atoms with Crippen LogP contribution in [-0.2, 0) is 5.41 Å². The molecule has 1 aliphatic heterocycles. The van der Waals surface area contributed by atoms with Crippen LogP contribution in [0.1, 0.15) is 26.3 Å². The maximum Gasteiger partial charge on any atom is 0.0950 e. The summed E-state index contributed by atoms with van der Waals surface area (Å²) in [6, 6.07) is 17.5. The van der Waals surface area contributed by atoms with Gasteiger partial charge in [-0.05, 0) is 35.2 Å². The number of benzene rings is 2. The van der Waals surface area contributed by atoms with Gasteiger partial charge < -0.3 is 9.80 Å². The van der Waals surface area contributed by atoms with E-state index in [1.165, 1.54) is 22.6 Å². The number of hydrogen-bond donors (Lipinski definition) is 0. The average molecular weight is 266 g/mol. The summed E-state index contributed by atoms with van der Waals surface area (Å²) in [5.41, 5.74) is 5.42. The molecule has 0 aliphatic carbocycles. The SMILES string of the molecule is CN1CN(c2cccc(C(C)(C)C)c2)c2ccccc21. The smallest absolute Gasteiger partial charge is 0.0950 e. The molecule has 0 amide bonds. The van der Waals surface area contributed by atoms with Crippen molar-refractivity contribution in [2.24, 2.45) is 0 Å². The first-order valence-electron chi connectivity index (χ1n) is 7.15. The predicted molar refractivity (Wildman–Crippen MR) is 87.0 cm³/mol. The topological polar surface area (TPSA) is 6.48 Å². The molecular formula is C18H22N2. The van der Waals surface area contributed by atoms with E-state index < -0.39 is 0 Å². The standard InChI is InChI=1S/C18H22N2/c1-18(2,3)14-8-7-9-15(12-14)20-13-19(4)16-10-5-6-11-17(16)20/h5-12H,13H2,1-4H3. The van der Waals surface area contributed by atoms with E-state index in [1.54, 1.807) is 0 Å². The highest BCUT2D eigenvalue weighted by atomic mass is 15.4. The predicted octanol–water partition coefficient (Wildman–Crippen LogP) is 4.53. The molecule has 3 rings (SSSR count). The second kappa shape index (κ2) is 4.55. The van der Waals surface area contributed by atoms with Crippen LogP contribution in [0.2, 0.25) is 0 Å². The second-order valence-corrected chi connectivity index (χ2v) is 6.56. The zero-order chi connectivity index (χ0) is 14.3. The second-order valence-electron chi connectivity index (χ2n) is 6.56. The van der Waals surface area contributed by atoms with Gasteiger partial charge in [-0.1, -0.05) is 45.0 Å². The van der Waals surface area contributed by atoms with Crippen molar-refractivity contribution in [3.8, 4) is 0 Å². The first-order chi connectivity index (χ1) is 9.47. The molecule has 2 heteroatoms. The zero-order valence-electron chi connectivity index (χ0n) is 12.7. The Kier molecular flexibility index (Phi) is 2.97. The van der Waals surface area contributed by atoms with Gasteiger partial charge in [-0.15, -0.1) is 0 Å². The summed E-state index contributed by atoms with van der Waals surface area (Å²) in [6.07, 6.45) is 0. The molecule has 0 saturated carbocycles. The van der Waals surface area contributed by atoms with E-state index in [0.717, 1.165) is 6.67 Å². The lowest BCUT2D eigenvalue weighted by molar-refractivity contribution is 0.590. The third-order valence-corrected chi connectivity index (χ3v) is 3.96. The van der Waals surface area contributed by atoms with E-state index in [0.29, 0.717) is 0 Å². The molecule has 0 radical (unpaired) electrons. The van der Waals surface area contributed by atoms with Gasteiger partial charge >= 0.3 is 0 Å². The molecule has 2 aromatic rings. The van der Waals surface area contributed by atoms with Gasteiger partial charge in [0.25, 0.3) is 0 Å². The Balaban J connectivity index is 2.03. The summed E-state index contributed by atoms with van der Waals surface area (Å²) < 4.78 is 0. The Morgan fingerprint density at radius 1 is 0.900 bits per heavy atom. The average Bonchev–Trinajstić information content (AvgIpc) is 2.76. The first-order valence-corrected chi connectivity index (χ1v) is 7.15. The van der Waals surface area contributed by atoms with Gasteiger partial charge in [0.05, 0.1) is 18.0 Å². The summed E-state index contributed by atoms with van der Waals surface area (Å²) >= 11 is 0. The summed E-state index contributed by atoms with van der Waals surface area (Å²) in [5, 5.41) is 0. The van der Waals surface area contributed by atoms with E-state index in [-0.39, 0.29) is 5.41 Å². The molecule has 1 aliphatic rings. The molecule has 0 unspecified atom stereocenters. The number of nitrogens with zero attached hydrogens (tertiary/aromatic N) is 2. The van der Waals surface area contributed by atoms with Crippen LogP contribution in [0.25, 0.3) is 0 Å². The van der Waals surface area contributed by atoms with Crippen LogP contribution in [0.5, 0.6) is 0 Å². The lowest BCUT2D eigenvalue weighted by Crippen LogP contribution is -2.24. The minimum atomic E-state index is 0.182. The van der Waals surface area contributed by atoms with Crippen molar-refractivity contribution in [2.45, 2.75) is 26.2 Å². The Morgan fingerprint density at radius 2 is 1.60 bits per heavy atom. The van der Waals surface area contributed by atoms with Gasteiger partial charge in [-0.3, -0.25) is 0 Å². The van der Waals surface area contributed by atoms with E-state index in [9.17, 15) is 0 Å². The summed E-state index contributed by atoms with van der Waals surface area (Å²) in [5.74, 6) is 0. The fourth-order valence-electron chi connectivity index (χ4n) is 2.74. The minimum Gasteiger partial charge on any atom is -0.355 e. The fourth-order valence-corrected chi connectivity index (χ4v) is 2.74. The van der Waals surface area contributed by atoms with Crippen molar-refractivity contribution in [2.75, 3.05) is 23.5 Å². The van der Waals surface area contributed by atoms with Crippen molar-refractivity contribution in [1.82, 2.24) is 0 Å². The van der Waals surface area contributed by atoms with Crippen LogP contribution in [0.4, 0.5) is 17.1 Å². The molecule has 20 heavy (non-hydrogen) atoms. The van der Waals surface area contributed by atoms with Crippen molar-refractivity contribution < 1.29 is 0 Å². The molecule has 0 aromatic heterocycles. The van der Waals surface area contributed by atoms with Crippen LogP contribution < -0.4 is 9.80 Å². The van der Waals surface area contributed by atoms with E-state index in [1.807, 2.05) is 0 Å². The van der Waals surface area contributed by atoms with E-state index in [4.69, 9.17) is 0 Å². The van der Waals surface area contributed by atoms with Gasteiger partial charge in [0, 0.05) is 12.7 Å². The lowest BCUT2D eigenvalue weighted by Gasteiger charge is -2.24. The molecule has 2 aromatic carbocycles. The van der Waals surface area contributed by atoms with Crippen molar-refractivity contribution in [1.29, 1.82) is 0 Å². The lowest BCUT2D eigenvalue weighted by atomic mass is 9.87. The molecular weight excluding hydrogens is 244 g/mol. The monoisotopic (exact) mass is 266 g/mol. The molecule has 0 atom stereocenters. The number of anilines is 3. The molecule has 104 valence electrons. The number of fused-ring (bicyclic) bond motifs is 1. The van der Waals surface area contributed by atoms with Crippen LogP contribution in [0.15, 0.2) is 48.5 Å². The van der Waals surface area contributed by atoms with Crippen LogP contribution in [0.3, 0.4) is 0 Å². The van der Waals surface area contributed by atoms with E-state index in [2.05, 4.69) is 86.1 Å². The van der Waals surface area contributed by atoms with Gasteiger partial charge in [-0.2, -0.15) is 0 Å². The fraction of sp³-hybridized carbons (Fsp3) is 0.333. The third kappa shape index (κ3) is 2.15. The van der Waals surface area contributed by atoms with Gasteiger partial charge in [0.2, 0.25) is 0 Å². The van der Waals surface area contributed by atoms with Crippen LogP contribution >= 0.6 is 0 Å².